The third-order valence-corrected chi connectivity index (χ3v) is 1.52. The first-order valence-electron chi connectivity index (χ1n) is 1.73. The number of hydrogen-bond donors (Lipinski definition) is 0. The molecule has 0 spiro atoms. The van der Waals surface area contributed by atoms with E-state index in [1.54, 1.807) is 0 Å². The lowest BCUT2D eigenvalue weighted by Gasteiger charge is -2.03. The van der Waals surface area contributed by atoms with Crippen molar-refractivity contribution in [2.45, 2.75) is 12.5 Å². The molecule has 0 aromatic heterocycles. The lowest BCUT2D eigenvalue weighted by atomic mass is 10.9. The van der Waals surface area contributed by atoms with E-state index in [9.17, 15) is 4.57 Å². The van der Waals surface area contributed by atoms with Crippen LogP contribution in [0.1, 0.15) is 6.92 Å². The van der Waals surface area contributed by atoms with Gasteiger partial charge in [0.15, 0.2) is 0 Å². The lowest BCUT2D eigenvalue weighted by molar-refractivity contribution is 0.318. The van der Waals surface area contributed by atoms with Crippen LogP contribution in [0.4, 0.5) is 0 Å². The Morgan fingerprint density at radius 2 is 2.00 bits per heavy atom. The number of alkyl halides is 1. The van der Waals surface area contributed by atoms with E-state index in [1.807, 2.05) is 0 Å². The molecule has 0 saturated carbocycles. The maximum atomic E-state index is 10.2. The van der Waals surface area contributed by atoms with E-state index in [4.69, 9.17) is 34.1 Å². The molecule has 0 saturated heterocycles. The van der Waals surface area contributed by atoms with Gasteiger partial charge in [0, 0.05) is 0 Å². The Morgan fingerprint density at radius 3 is 2.00 bits per heavy atom. The Labute approximate surface area is 62.1 Å². The highest BCUT2D eigenvalue weighted by molar-refractivity contribution is 8.05. The van der Waals surface area contributed by atoms with Crippen LogP contribution in [0.15, 0.2) is 0 Å². The molecule has 0 N–H and O–H groups in total. The topological polar surface area (TPSA) is 26.3 Å². The van der Waals surface area contributed by atoms with Gasteiger partial charge < -0.3 is 0 Å². The largest absolute Gasteiger partial charge is 0.381 e. The molecule has 0 aliphatic heterocycles. The highest BCUT2D eigenvalue weighted by Crippen LogP contribution is 2.58. The molecular weight excluding hydrogens is 193 g/mol. The lowest BCUT2D eigenvalue weighted by Crippen LogP contribution is -1.89. The monoisotopic (exact) mass is 196 g/mol. The van der Waals surface area contributed by atoms with E-state index in [2.05, 4.69) is 4.52 Å². The molecule has 0 fully saturated rings. The second-order valence-electron chi connectivity index (χ2n) is 1.06. The van der Waals surface area contributed by atoms with Gasteiger partial charge in [-0.1, -0.05) is 11.6 Å². The summed E-state index contributed by atoms with van der Waals surface area (Å²) in [5.74, 6) is 0. The molecule has 0 aliphatic rings. The van der Waals surface area contributed by atoms with Crippen LogP contribution in [-0.2, 0) is 9.09 Å². The van der Waals surface area contributed by atoms with Crippen LogP contribution in [-0.4, -0.2) is 5.56 Å². The summed E-state index contributed by atoms with van der Waals surface area (Å²) in [6, 6.07) is 0. The van der Waals surface area contributed by atoms with Crippen LogP contribution in [0.25, 0.3) is 0 Å². The van der Waals surface area contributed by atoms with Crippen molar-refractivity contribution in [2.24, 2.45) is 0 Å². The van der Waals surface area contributed by atoms with Crippen molar-refractivity contribution in [3.8, 4) is 0 Å². The van der Waals surface area contributed by atoms with Crippen molar-refractivity contribution >= 4 is 40.2 Å². The number of rotatable bonds is 2. The van der Waals surface area contributed by atoms with Crippen molar-refractivity contribution in [3.63, 3.8) is 0 Å². The first-order chi connectivity index (χ1) is 3.42. The average Bonchev–Trinajstić information content (AvgIpc) is 1.21. The normalized spacial score (nSPS) is 16.0. The molecule has 8 heavy (non-hydrogen) atoms. The molecule has 2 nitrogen and oxygen atoms in total. The molecule has 50 valence electrons. The molecule has 0 aromatic rings. The number of halogens is 3. The van der Waals surface area contributed by atoms with Gasteiger partial charge in [0.2, 0.25) is 0 Å². The summed E-state index contributed by atoms with van der Waals surface area (Å²) in [6.45, 7) is 1.47. The van der Waals surface area contributed by atoms with Gasteiger partial charge in [0.25, 0.3) is 0 Å². The predicted octanol–water partition coefficient (Wildman–Crippen LogP) is 3.17. The van der Waals surface area contributed by atoms with Crippen molar-refractivity contribution in [1.82, 2.24) is 0 Å². The van der Waals surface area contributed by atoms with E-state index < -0.39 is 11.6 Å². The minimum atomic E-state index is -3.41. The molecule has 6 heteroatoms. The summed E-state index contributed by atoms with van der Waals surface area (Å²) in [5, 5.41) is 0. The summed E-state index contributed by atoms with van der Waals surface area (Å²) in [4.78, 5) is 0. The standard InChI is InChI=1S/C2H4Cl3O2P/c1-2(3)7-8(4,5)6/h2H,1H3. The third kappa shape index (κ3) is 7.06. The Kier molecular flexibility index (Phi) is 3.72. The number of hydrogen-bond acceptors (Lipinski definition) is 2. The molecule has 0 heterocycles. The van der Waals surface area contributed by atoms with E-state index in [-0.39, 0.29) is 0 Å². The van der Waals surface area contributed by atoms with Crippen molar-refractivity contribution in [3.05, 3.63) is 0 Å². The van der Waals surface area contributed by atoms with Crippen LogP contribution in [0.5, 0.6) is 0 Å². The Hall–Kier alpha value is 1.06. The van der Waals surface area contributed by atoms with Crippen molar-refractivity contribution in [2.75, 3.05) is 0 Å². The molecule has 0 aliphatic carbocycles. The minimum absolute atomic E-state index is 0.712. The third-order valence-electron chi connectivity index (χ3n) is 0.268. The van der Waals surface area contributed by atoms with Gasteiger partial charge in [-0.25, -0.2) is 0 Å². The molecule has 0 amide bonds. The maximum absolute atomic E-state index is 10.2. The van der Waals surface area contributed by atoms with Gasteiger partial charge in [-0.05, 0) is 29.4 Å². The fourth-order valence-corrected chi connectivity index (χ4v) is 1.81. The highest BCUT2D eigenvalue weighted by Gasteiger charge is 2.16. The van der Waals surface area contributed by atoms with Gasteiger partial charge in [0.05, 0.1) is 0 Å². The van der Waals surface area contributed by atoms with Crippen LogP contribution in [0.3, 0.4) is 0 Å². The molecule has 1 unspecified atom stereocenters. The summed E-state index contributed by atoms with van der Waals surface area (Å²) >= 11 is 15.1. The maximum Gasteiger partial charge on any atom is 0.381 e. The minimum Gasteiger partial charge on any atom is -0.287 e. The zero-order valence-corrected chi connectivity index (χ0v) is 7.14. The van der Waals surface area contributed by atoms with Gasteiger partial charge in [-0.3, -0.25) is 9.09 Å². The fraction of sp³-hybridized carbons (Fsp3) is 1.00. The van der Waals surface area contributed by atoms with Crippen LogP contribution >= 0.6 is 40.2 Å². The van der Waals surface area contributed by atoms with Gasteiger partial charge in [-0.2, -0.15) is 0 Å². The zero-order chi connectivity index (χ0) is 6.78. The molecule has 0 rings (SSSR count). The predicted molar refractivity (Wildman–Crippen MR) is 35.7 cm³/mol. The van der Waals surface area contributed by atoms with Crippen molar-refractivity contribution < 1.29 is 9.09 Å². The van der Waals surface area contributed by atoms with Gasteiger partial charge >= 0.3 is 6.07 Å². The Bertz CT molecular complexity index is 108. The van der Waals surface area contributed by atoms with Crippen LogP contribution in [0, 0.1) is 0 Å². The van der Waals surface area contributed by atoms with Crippen LogP contribution in [0.2, 0.25) is 0 Å². The highest BCUT2D eigenvalue weighted by atomic mass is 35.9. The smallest absolute Gasteiger partial charge is 0.287 e. The van der Waals surface area contributed by atoms with Gasteiger partial charge in [0.1, 0.15) is 5.56 Å². The zero-order valence-electron chi connectivity index (χ0n) is 3.97. The second kappa shape index (κ2) is 3.28. The molecular formula is C2H4Cl3O2P. The van der Waals surface area contributed by atoms with E-state index in [0.717, 1.165) is 0 Å². The summed E-state index contributed by atoms with van der Waals surface area (Å²) < 4.78 is 14.5. The fourth-order valence-electron chi connectivity index (χ4n) is 0.169. The molecule has 1 atom stereocenters. The van der Waals surface area contributed by atoms with E-state index in [0.29, 0.717) is 0 Å². The first kappa shape index (κ1) is 9.06. The molecule has 0 aromatic carbocycles. The van der Waals surface area contributed by atoms with Crippen molar-refractivity contribution in [1.29, 1.82) is 0 Å². The molecule has 0 radical (unpaired) electrons. The average molecular weight is 197 g/mol. The van der Waals surface area contributed by atoms with Gasteiger partial charge in [-0.15, -0.1) is 0 Å². The van der Waals surface area contributed by atoms with E-state index >= 15 is 0 Å². The summed E-state index contributed by atoms with van der Waals surface area (Å²) in [6.07, 6.45) is -3.41. The second-order valence-corrected chi connectivity index (χ2v) is 5.91. The summed E-state index contributed by atoms with van der Waals surface area (Å²) in [7, 11) is 0. The first-order valence-corrected chi connectivity index (χ1v) is 5.61. The summed E-state index contributed by atoms with van der Waals surface area (Å²) in [5.41, 5.74) is -0.712. The molecule has 0 bridgehead atoms. The quantitative estimate of drug-likeness (QED) is 0.502. The Balaban J connectivity index is 3.56. The Morgan fingerprint density at radius 1 is 1.62 bits per heavy atom. The van der Waals surface area contributed by atoms with Crippen LogP contribution < -0.4 is 0 Å². The van der Waals surface area contributed by atoms with E-state index in [1.165, 1.54) is 6.92 Å². The SMILES string of the molecule is CC(Cl)OP(=O)(Cl)Cl.